The number of ether oxygens (including phenoxy) is 5. The molecule has 13 heteroatoms. The van der Waals surface area contributed by atoms with E-state index >= 15 is 0 Å². The predicted molar refractivity (Wildman–Crippen MR) is 271 cm³/mol. The van der Waals surface area contributed by atoms with Crippen LogP contribution in [0.25, 0.3) is 0 Å². The second-order valence-corrected chi connectivity index (χ2v) is 27.2. The van der Waals surface area contributed by atoms with Gasteiger partial charge in [-0.15, -0.1) is 0 Å². The van der Waals surface area contributed by atoms with E-state index in [1.165, 1.54) is 32.1 Å². The van der Waals surface area contributed by atoms with Crippen LogP contribution in [0.3, 0.4) is 0 Å². The monoisotopic (exact) mass is 1000 g/mol. The summed E-state index contributed by atoms with van der Waals surface area (Å²) < 4.78 is 28.3. The number of carbonyl (C=O) groups excluding carboxylic acids is 5. The van der Waals surface area contributed by atoms with Crippen LogP contribution in [0.4, 0.5) is 0 Å². The van der Waals surface area contributed by atoms with Crippen LogP contribution in [0.1, 0.15) is 206 Å². The number of likely N-dealkylation sites (N-methyl/N-ethyl adjacent to an activating group) is 1. The minimum Gasteiger partial charge on any atom is -0.464 e. The second-order valence-electron chi connectivity index (χ2n) is 27.2. The fourth-order valence-corrected chi connectivity index (χ4v) is 14.2. The summed E-state index contributed by atoms with van der Waals surface area (Å²) in [5, 5.41) is 21.3. The maximum atomic E-state index is 12.6. The normalized spacial score (nSPS) is 37.7. The molecule has 1 saturated heterocycles. The molecule has 0 spiro atoms. The van der Waals surface area contributed by atoms with Crippen LogP contribution in [0.15, 0.2) is 0 Å². The zero-order valence-corrected chi connectivity index (χ0v) is 46.8. The Morgan fingerprint density at radius 3 is 1.56 bits per heavy atom. The first kappa shape index (κ1) is 57.5. The van der Waals surface area contributed by atoms with Gasteiger partial charge in [0.05, 0.1) is 38.8 Å². The molecule has 0 radical (unpaired) electrons. The lowest BCUT2D eigenvalue weighted by molar-refractivity contribution is -0.264. The molecule has 10 saturated carbocycles. The molecule has 7 unspecified atom stereocenters. The standard InChI is InChI=1S/C18H30O2.C16H26O4.C14H20O4.C10H21NO2/c1-5-17(3,4)16(19)20-18(6-2)14-8-12-7-13(10-14)11-15(18)9-12;1-4-13(2,3)12(17)20-16-7-11-5-14(18,9-16)8-15(19,6-11)10-16;1-4-14(2,3)13(16)18-10-7-5-8-9(6-7)12(15)17-11(8)10;1-6-10(2,3)9(12)13-8-7-11(4)5/h12-15H,5-11H2,1-4H3;11,18-19H,4-10H2,1-3H3;7-11H,4-6H2,1-3H3;6-8H2,1-5H3. The van der Waals surface area contributed by atoms with Crippen molar-refractivity contribution in [2.45, 2.75) is 240 Å². The van der Waals surface area contributed by atoms with Crippen molar-refractivity contribution in [3.05, 3.63) is 0 Å². The summed E-state index contributed by atoms with van der Waals surface area (Å²) in [6, 6.07) is 0. The minimum atomic E-state index is -0.842. The smallest absolute Gasteiger partial charge is 0.312 e. The van der Waals surface area contributed by atoms with Gasteiger partial charge in [-0.1, -0.05) is 34.6 Å². The van der Waals surface area contributed by atoms with E-state index in [-0.39, 0.29) is 70.3 Å². The van der Waals surface area contributed by atoms with E-state index in [1.807, 2.05) is 95.2 Å². The highest BCUT2D eigenvalue weighted by atomic mass is 16.6. The first-order valence-electron chi connectivity index (χ1n) is 28.0. The molecule has 0 amide bonds. The molecule has 0 aromatic heterocycles. The van der Waals surface area contributed by atoms with E-state index in [0.29, 0.717) is 49.5 Å². The van der Waals surface area contributed by atoms with Crippen molar-refractivity contribution in [3.8, 4) is 0 Å². The number of esters is 5. The molecule has 11 rings (SSSR count). The number of rotatable bonds is 15. The summed E-state index contributed by atoms with van der Waals surface area (Å²) in [6.07, 6.45) is 16.0. The van der Waals surface area contributed by atoms with Crippen molar-refractivity contribution in [1.82, 2.24) is 4.90 Å². The molecule has 7 atom stereocenters. The zero-order valence-electron chi connectivity index (χ0n) is 46.8. The van der Waals surface area contributed by atoms with Gasteiger partial charge in [0.25, 0.3) is 0 Å². The molecule has 0 aromatic carbocycles. The van der Waals surface area contributed by atoms with Gasteiger partial charge in [-0.3, -0.25) is 24.0 Å². The van der Waals surface area contributed by atoms with E-state index < -0.39 is 27.6 Å². The van der Waals surface area contributed by atoms with Gasteiger partial charge in [-0.25, -0.2) is 0 Å². The van der Waals surface area contributed by atoms with Crippen molar-refractivity contribution in [1.29, 1.82) is 0 Å². The number of fused-ring (bicyclic) bond motifs is 1. The average Bonchev–Trinajstić information content (AvgIpc) is 3.92. The Bertz CT molecular complexity index is 1890. The predicted octanol–water partition coefficient (Wildman–Crippen LogP) is 10.2. The lowest BCUT2D eigenvalue weighted by Gasteiger charge is -2.62. The number of hydrogen-bond donors (Lipinski definition) is 2. The molecular formula is C58H97NO12. The molecule has 10 bridgehead atoms. The maximum absolute atomic E-state index is 12.6. The van der Waals surface area contributed by atoms with Crippen LogP contribution in [-0.4, -0.2) is 107 Å². The van der Waals surface area contributed by atoms with Gasteiger partial charge < -0.3 is 38.8 Å². The van der Waals surface area contributed by atoms with E-state index in [0.717, 1.165) is 82.6 Å². The van der Waals surface area contributed by atoms with Crippen LogP contribution in [0, 0.1) is 69.0 Å². The first-order valence-corrected chi connectivity index (χ1v) is 28.0. The number of aliphatic hydroxyl groups is 2. The highest BCUT2D eigenvalue weighted by molar-refractivity contribution is 5.79. The summed E-state index contributed by atoms with van der Waals surface area (Å²) in [5.74, 6) is 3.60. The van der Waals surface area contributed by atoms with Crippen molar-refractivity contribution >= 4 is 29.8 Å². The van der Waals surface area contributed by atoms with Crippen molar-refractivity contribution in [2.75, 3.05) is 27.2 Å². The Balaban J connectivity index is 0.000000157. The maximum Gasteiger partial charge on any atom is 0.312 e. The number of hydrogen-bond acceptors (Lipinski definition) is 13. The zero-order chi connectivity index (χ0) is 52.9. The number of carbonyl (C=O) groups is 5. The molecule has 2 N–H and O–H groups in total. The molecule has 11 fully saturated rings. The summed E-state index contributed by atoms with van der Waals surface area (Å²) in [7, 11) is 3.91. The topological polar surface area (TPSA) is 175 Å². The van der Waals surface area contributed by atoms with Crippen molar-refractivity contribution in [3.63, 3.8) is 0 Å². The van der Waals surface area contributed by atoms with Crippen LogP contribution >= 0.6 is 0 Å². The third-order valence-electron chi connectivity index (χ3n) is 19.8. The fourth-order valence-electron chi connectivity index (χ4n) is 14.2. The van der Waals surface area contributed by atoms with E-state index in [1.54, 1.807) is 0 Å². The second kappa shape index (κ2) is 21.1. The van der Waals surface area contributed by atoms with Gasteiger partial charge in [-0.2, -0.15) is 0 Å². The van der Waals surface area contributed by atoms with E-state index in [4.69, 9.17) is 23.7 Å². The van der Waals surface area contributed by atoms with Gasteiger partial charge >= 0.3 is 29.8 Å². The highest BCUT2D eigenvalue weighted by Gasteiger charge is 2.66. The molecule has 1 heterocycles. The quantitative estimate of drug-likeness (QED) is 0.117. The largest absolute Gasteiger partial charge is 0.464 e. The van der Waals surface area contributed by atoms with Gasteiger partial charge in [0.1, 0.15) is 30.0 Å². The molecule has 0 aromatic rings. The van der Waals surface area contributed by atoms with E-state index in [2.05, 4.69) is 13.8 Å². The Morgan fingerprint density at radius 1 is 0.620 bits per heavy atom. The Kier molecular flexibility index (Phi) is 17.1. The molecule has 1 aliphatic heterocycles. The van der Waals surface area contributed by atoms with Crippen LogP contribution in [-0.2, 0) is 47.7 Å². The third kappa shape index (κ3) is 12.2. The SMILES string of the molecule is CCC(C)(C)C(=O)OC1(CC)C2CC3CC(C2)CC1C3.CCC(C)(C)C(=O)OC12CC3CC(O)(CC(O)(C3)C1)C2.CCC(C)(C)C(=O)OC1C2CC3C(=O)OC1C3C2.CCC(C)(C)C(=O)OCCN(C)C. The van der Waals surface area contributed by atoms with Gasteiger partial charge in [0.2, 0.25) is 0 Å². The minimum absolute atomic E-state index is 0.0364. The molecule has 11 aliphatic rings. The van der Waals surface area contributed by atoms with Crippen LogP contribution in [0.5, 0.6) is 0 Å². The molecule has 71 heavy (non-hydrogen) atoms. The molecular weight excluding hydrogens is 903 g/mol. The molecule has 406 valence electrons. The summed E-state index contributed by atoms with van der Waals surface area (Å²) in [5.41, 5.74) is -4.10. The van der Waals surface area contributed by atoms with Crippen LogP contribution in [0.2, 0.25) is 0 Å². The summed E-state index contributed by atoms with van der Waals surface area (Å²) >= 11 is 0. The summed E-state index contributed by atoms with van der Waals surface area (Å²) in [4.78, 5) is 62.2. The van der Waals surface area contributed by atoms with Crippen LogP contribution < -0.4 is 0 Å². The summed E-state index contributed by atoms with van der Waals surface area (Å²) in [6.45, 7) is 26.9. The number of nitrogens with zero attached hydrogens (tertiary/aromatic N) is 1. The van der Waals surface area contributed by atoms with Gasteiger partial charge in [0.15, 0.2) is 0 Å². The lowest BCUT2D eigenvalue weighted by atomic mass is 9.49. The fraction of sp³-hybridized carbons (Fsp3) is 0.914. The van der Waals surface area contributed by atoms with E-state index in [9.17, 15) is 34.2 Å². The Labute approximate surface area is 427 Å². The molecule has 10 aliphatic carbocycles. The van der Waals surface area contributed by atoms with Crippen molar-refractivity contribution < 1.29 is 57.9 Å². The molecule has 13 nitrogen and oxygen atoms in total. The first-order chi connectivity index (χ1) is 32.8. The average molecular weight is 1000 g/mol. The van der Waals surface area contributed by atoms with Gasteiger partial charge in [-0.05, 0) is 195 Å². The Morgan fingerprint density at radius 2 is 1.10 bits per heavy atom. The third-order valence-corrected chi connectivity index (χ3v) is 19.8. The highest BCUT2D eigenvalue weighted by Crippen LogP contribution is 2.62. The van der Waals surface area contributed by atoms with Gasteiger partial charge in [0, 0.05) is 37.6 Å². The van der Waals surface area contributed by atoms with Crippen molar-refractivity contribution in [2.24, 2.45) is 69.0 Å². The lowest BCUT2D eigenvalue weighted by Crippen LogP contribution is -2.67. The Hall–Kier alpha value is -2.77.